The van der Waals surface area contributed by atoms with E-state index in [2.05, 4.69) is 20.8 Å². The molecule has 8 nitrogen and oxygen atoms in total. The number of hydrogen-bond acceptors (Lipinski definition) is 7. The van der Waals surface area contributed by atoms with E-state index in [-0.39, 0.29) is 23.1 Å². The molecular formula is C15H13N5O3. The molecule has 0 saturated carbocycles. The molecule has 0 unspecified atom stereocenters. The van der Waals surface area contributed by atoms with E-state index in [4.69, 9.17) is 14.9 Å². The fourth-order valence-electron chi connectivity index (χ4n) is 1.75. The van der Waals surface area contributed by atoms with Crippen molar-refractivity contribution in [2.45, 2.75) is 0 Å². The normalized spacial score (nSPS) is 10.1. The molecule has 2 aromatic heterocycles. The number of nitrogens with zero attached hydrogens (tertiary/aromatic N) is 2. The summed E-state index contributed by atoms with van der Waals surface area (Å²) < 4.78 is 10.6. The van der Waals surface area contributed by atoms with E-state index in [1.807, 2.05) is 18.2 Å². The maximum Gasteiger partial charge on any atom is 0.305 e. The summed E-state index contributed by atoms with van der Waals surface area (Å²) in [5, 5.41) is 0. The Morgan fingerprint density at radius 1 is 1.13 bits per heavy atom. The molecule has 116 valence electrons. The first kappa shape index (κ1) is 14.4. The van der Waals surface area contributed by atoms with Crippen molar-refractivity contribution >= 4 is 17.4 Å². The Kier molecular flexibility index (Phi) is 4.05. The summed E-state index contributed by atoms with van der Waals surface area (Å²) in [5.41, 5.74) is 11.1. The monoisotopic (exact) mass is 311 g/mol. The number of ether oxygens (including phenoxy) is 1. The lowest BCUT2D eigenvalue weighted by Gasteiger charge is -2.11. The molecule has 0 bridgehead atoms. The predicted octanol–water partition coefficient (Wildman–Crippen LogP) is 2.20. The number of nitrogens with two attached hydrogens (primary N) is 1. The van der Waals surface area contributed by atoms with Crippen LogP contribution in [0.4, 0.5) is 11.5 Å². The van der Waals surface area contributed by atoms with E-state index in [9.17, 15) is 4.79 Å². The number of rotatable bonds is 5. The van der Waals surface area contributed by atoms with E-state index < -0.39 is 5.91 Å². The third-order valence-electron chi connectivity index (χ3n) is 2.84. The Morgan fingerprint density at radius 3 is 2.70 bits per heavy atom. The van der Waals surface area contributed by atoms with Crippen molar-refractivity contribution in [1.82, 2.24) is 15.4 Å². The van der Waals surface area contributed by atoms with Crippen LogP contribution in [-0.4, -0.2) is 15.9 Å². The van der Waals surface area contributed by atoms with Crippen LogP contribution in [0.3, 0.4) is 0 Å². The Balaban J connectivity index is 1.71. The number of aromatic nitrogens is 2. The van der Waals surface area contributed by atoms with Crippen molar-refractivity contribution in [1.29, 1.82) is 0 Å². The van der Waals surface area contributed by atoms with E-state index in [0.717, 1.165) is 0 Å². The second-order valence-electron chi connectivity index (χ2n) is 4.41. The first-order valence-electron chi connectivity index (χ1n) is 6.67. The number of carbonyl (C=O) groups excluding carboxylic acids is 1. The number of hydrogen-bond donors (Lipinski definition) is 3. The topological polar surface area (TPSA) is 115 Å². The molecule has 4 N–H and O–H groups in total. The zero-order valence-corrected chi connectivity index (χ0v) is 11.9. The zero-order chi connectivity index (χ0) is 16.1. The minimum Gasteiger partial charge on any atom is -0.459 e. The van der Waals surface area contributed by atoms with Gasteiger partial charge in [-0.3, -0.25) is 15.6 Å². The molecule has 1 amide bonds. The van der Waals surface area contributed by atoms with Gasteiger partial charge in [0, 0.05) is 0 Å². The molecule has 0 saturated heterocycles. The molecule has 23 heavy (non-hydrogen) atoms. The Labute approximate surface area is 131 Å². The van der Waals surface area contributed by atoms with E-state index in [1.165, 1.54) is 18.7 Å². The van der Waals surface area contributed by atoms with E-state index >= 15 is 0 Å². The van der Waals surface area contributed by atoms with Crippen LogP contribution in [0, 0.1) is 0 Å². The summed E-state index contributed by atoms with van der Waals surface area (Å²) >= 11 is 0. The molecule has 0 spiro atoms. The van der Waals surface area contributed by atoms with E-state index in [1.54, 1.807) is 18.2 Å². The molecule has 0 aliphatic carbocycles. The van der Waals surface area contributed by atoms with Crippen LogP contribution >= 0.6 is 0 Å². The van der Waals surface area contributed by atoms with Crippen molar-refractivity contribution in [3.8, 4) is 11.6 Å². The second kappa shape index (κ2) is 6.48. The minimum absolute atomic E-state index is 0.158. The molecule has 0 aliphatic heterocycles. The Morgan fingerprint density at radius 2 is 1.96 bits per heavy atom. The number of amides is 1. The smallest absolute Gasteiger partial charge is 0.305 e. The van der Waals surface area contributed by atoms with Crippen LogP contribution in [0.25, 0.3) is 0 Å². The summed E-state index contributed by atoms with van der Waals surface area (Å²) in [7, 11) is 0. The second-order valence-corrected chi connectivity index (χ2v) is 4.41. The van der Waals surface area contributed by atoms with Crippen molar-refractivity contribution in [3.05, 3.63) is 60.8 Å². The molecule has 0 fully saturated rings. The SMILES string of the molecule is Nc1c(NNC(=O)c2ccco2)ncnc1Oc1ccccc1. The highest BCUT2D eigenvalue weighted by Gasteiger charge is 2.12. The minimum atomic E-state index is -0.460. The van der Waals surface area contributed by atoms with Gasteiger partial charge in [0.25, 0.3) is 0 Å². The van der Waals surface area contributed by atoms with Gasteiger partial charge in [-0.05, 0) is 24.3 Å². The van der Waals surface area contributed by atoms with Gasteiger partial charge in [-0.2, -0.15) is 4.98 Å². The molecule has 3 rings (SSSR count). The summed E-state index contributed by atoms with van der Waals surface area (Å²) in [6.45, 7) is 0. The molecule has 8 heteroatoms. The van der Waals surface area contributed by atoms with Gasteiger partial charge in [-0.25, -0.2) is 4.98 Å². The van der Waals surface area contributed by atoms with Gasteiger partial charge < -0.3 is 14.9 Å². The maximum atomic E-state index is 11.8. The number of hydrazine groups is 1. The third kappa shape index (κ3) is 3.38. The van der Waals surface area contributed by atoms with Crippen LogP contribution in [0.2, 0.25) is 0 Å². The number of nitrogens with one attached hydrogen (secondary N) is 2. The van der Waals surface area contributed by atoms with Crippen molar-refractivity contribution in [2.75, 3.05) is 11.2 Å². The van der Waals surface area contributed by atoms with Crippen molar-refractivity contribution in [3.63, 3.8) is 0 Å². The van der Waals surface area contributed by atoms with Crippen LogP contribution in [0.1, 0.15) is 10.6 Å². The number of nitrogen functional groups attached to an aromatic ring is 1. The highest BCUT2D eigenvalue weighted by molar-refractivity contribution is 5.92. The van der Waals surface area contributed by atoms with Crippen molar-refractivity contribution < 1.29 is 13.9 Å². The lowest BCUT2D eigenvalue weighted by Crippen LogP contribution is -2.30. The van der Waals surface area contributed by atoms with Gasteiger partial charge in [-0.15, -0.1) is 0 Å². The van der Waals surface area contributed by atoms with Gasteiger partial charge in [0.2, 0.25) is 5.88 Å². The molecule has 3 aromatic rings. The van der Waals surface area contributed by atoms with Gasteiger partial charge >= 0.3 is 5.91 Å². The fraction of sp³-hybridized carbons (Fsp3) is 0. The van der Waals surface area contributed by atoms with Crippen LogP contribution in [0.15, 0.2) is 59.5 Å². The first-order valence-corrected chi connectivity index (χ1v) is 6.67. The Bertz CT molecular complexity index is 790. The number of benzene rings is 1. The average molecular weight is 311 g/mol. The van der Waals surface area contributed by atoms with Gasteiger partial charge in [0.15, 0.2) is 11.6 Å². The highest BCUT2D eigenvalue weighted by atomic mass is 16.5. The molecule has 0 atom stereocenters. The zero-order valence-electron chi connectivity index (χ0n) is 11.9. The van der Waals surface area contributed by atoms with Crippen LogP contribution in [0.5, 0.6) is 11.6 Å². The van der Waals surface area contributed by atoms with Crippen molar-refractivity contribution in [2.24, 2.45) is 0 Å². The van der Waals surface area contributed by atoms with Gasteiger partial charge in [0.1, 0.15) is 17.8 Å². The molecular weight excluding hydrogens is 298 g/mol. The van der Waals surface area contributed by atoms with Crippen LogP contribution < -0.4 is 21.3 Å². The van der Waals surface area contributed by atoms with E-state index in [0.29, 0.717) is 5.75 Å². The number of furan rings is 1. The average Bonchev–Trinajstić information content (AvgIpc) is 3.11. The van der Waals surface area contributed by atoms with Gasteiger partial charge in [-0.1, -0.05) is 18.2 Å². The lowest BCUT2D eigenvalue weighted by atomic mass is 10.3. The lowest BCUT2D eigenvalue weighted by molar-refractivity contribution is 0.0935. The van der Waals surface area contributed by atoms with Crippen LogP contribution in [-0.2, 0) is 0 Å². The fourth-order valence-corrected chi connectivity index (χ4v) is 1.75. The standard InChI is InChI=1S/C15H13N5O3/c16-12-13(19-20-14(21)11-7-4-8-22-11)17-9-18-15(12)23-10-5-2-1-3-6-10/h1-9H,16H2,(H,20,21)(H,17,18,19). The maximum absolute atomic E-state index is 11.8. The Hall–Kier alpha value is -3.55. The number of para-hydroxylation sites is 1. The first-order chi connectivity index (χ1) is 11.2. The predicted molar refractivity (Wildman–Crippen MR) is 82.8 cm³/mol. The summed E-state index contributed by atoms with van der Waals surface area (Å²) in [6.07, 6.45) is 2.68. The molecule has 2 heterocycles. The summed E-state index contributed by atoms with van der Waals surface area (Å²) in [4.78, 5) is 19.7. The summed E-state index contributed by atoms with van der Waals surface area (Å²) in [6, 6.07) is 12.2. The van der Waals surface area contributed by atoms with Gasteiger partial charge in [0.05, 0.1) is 6.26 Å². The molecule has 1 aromatic carbocycles. The quantitative estimate of drug-likeness (QED) is 0.618. The summed E-state index contributed by atoms with van der Waals surface area (Å²) in [5.74, 6) is 0.680. The number of anilines is 2. The number of carbonyl (C=O) groups is 1. The highest BCUT2D eigenvalue weighted by Crippen LogP contribution is 2.28. The molecule has 0 radical (unpaired) electrons. The molecule has 0 aliphatic rings. The third-order valence-corrected chi connectivity index (χ3v) is 2.84. The largest absolute Gasteiger partial charge is 0.459 e.